The molecule has 1 heterocycles. The Kier molecular flexibility index (Phi) is 11.8. The smallest absolute Gasteiger partial charge is 0.164 e. The molecule has 0 aliphatic carbocycles. The molecule has 227 valence electrons. The molecule has 4 nitrogen and oxygen atoms in total. The van der Waals surface area contributed by atoms with E-state index in [0.717, 1.165) is 46.4 Å². The van der Waals surface area contributed by atoms with E-state index in [2.05, 4.69) is 83.1 Å². The Bertz CT molecular complexity index is 1580. The van der Waals surface area contributed by atoms with Gasteiger partial charge in [-0.1, -0.05) is 99.6 Å². The van der Waals surface area contributed by atoms with E-state index in [1.807, 2.05) is 41.5 Å². The van der Waals surface area contributed by atoms with Gasteiger partial charge in [0.2, 0.25) is 0 Å². The molecule has 0 saturated heterocycles. The van der Waals surface area contributed by atoms with Crippen LogP contribution in [0.25, 0.3) is 32.9 Å². The average Bonchev–Trinajstić information content (AvgIpc) is 2.91. The first-order valence-electron chi connectivity index (χ1n) is 14.8. The van der Waals surface area contributed by atoms with E-state index in [9.17, 15) is 9.90 Å². The van der Waals surface area contributed by atoms with E-state index in [1.54, 1.807) is 0 Å². The zero-order chi connectivity index (χ0) is 30.7. The van der Waals surface area contributed by atoms with Gasteiger partial charge in [0.1, 0.15) is 11.6 Å². The van der Waals surface area contributed by atoms with Crippen molar-refractivity contribution in [2.45, 2.75) is 94.9 Å². The molecule has 4 rings (SSSR count). The fraction of sp³-hybridized carbons (Fsp3) is 0.432. The van der Waals surface area contributed by atoms with Gasteiger partial charge in [0.05, 0.1) is 5.52 Å². The average molecular weight is 744 g/mol. The van der Waals surface area contributed by atoms with E-state index in [-0.39, 0.29) is 48.4 Å². The van der Waals surface area contributed by atoms with E-state index >= 15 is 0 Å². The molecule has 1 N–H and O–H groups in total. The Morgan fingerprint density at radius 2 is 1.60 bits per heavy atom. The number of benzene rings is 3. The van der Waals surface area contributed by atoms with Gasteiger partial charge >= 0.3 is 0 Å². The van der Waals surface area contributed by atoms with Crippen LogP contribution in [0.3, 0.4) is 0 Å². The summed E-state index contributed by atoms with van der Waals surface area (Å²) in [5, 5.41) is 13.4. The molecule has 5 heteroatoms. The first kappa shape index (κ1) is 35.3. The summed E-state index contributed by atoms with van der Waals surface area (Å²) in [4.78, 5) is 21.7. The van der Waals surface area contributed by atoms with Crippen molar-refractivity contribution in [3.8, 4) is 11.3 Å². The summed E-state index contributed by atoms with van der Waals surface area (Å²) >= 11 is 0. The van der Waals surface area contributed by atoms with Crippen molar-refractivity contribution in [1.29, 1.82) is 0 Å². The van der Waals surface area contributed by atoms with Crippen molar-refractivity contribution in [2.24, 2.45) is 10.8 Å². The van der Waals surface area contributed by atoms with Gasteiger partial charge in [-0.05, 0) is 41.8 Å². The van der Waals surface area contributed by atoms with Gasteiger partial charge in [-0.25, -0.2) is 4.98 Å². The van der Waals surface area contributed by atoms with Crippen LogP contribution in [0.5, 0.6) is 0 Å². The Morgan fingerprint density at radius 3 is 2.17 bits per heavy atom. The van der Waals surface area contributed by atoms with Crippen LogP contribution < -0.4 is 0 Å². The monoisotopic (exact) mass is 744 g/mol. The molecule has 0 amide bonds. The molecule has 42 heavy (non-hydrogen) atoms. The molecular formula is C37H47IrN2O2-. The maximum absolute atomic E-state index is 11.8. The number of ketones is 1. The third-order valence-corrected chi connectivity index (χ3v) is 8.25. The first-order valence-corrected chi connectivity index (χ1v) is 14.8. The number of nitrogens with zero attached hydrogens (tertiary/aromatic N) is 2. The Balaban J connectivity index is 0.000000334. The number of aliphatic hydroxyl groups excluding tert-OH is 1. The summed E-state index contributed by atoms with van der Waals surface area (Å²) in [5.41, 5.74) is 6.00. The summed E-state index contributed by atoms with van der Waals surface area (Å²) < 4.78 is 0. The van der Waals surface area contributed by atoms with Crippen molar-refractivity contribution in [2.75, 3.05) is 0 Å². The molecule has 0 bridgehead atoms. The van der Waals surface area contributed by atoms with Crippen LogP contribution in [-0.4, -0.2) is 20.9 Å². The SMILES string of the molecule is CCC(C)(C)C(=O)/C=C(\O)C(C)(C)CC.Cc1[c-]c(-c2nc(C(C)C)nc3c2ccc2cccc(C)c23)cc(C)c1.[Ir]. The summed E-state index contributed by atoms with van der Waals surface area (Å²) in [5.74, 6) is 1.35. The molecule has 0 spiro atoms. The molecule has 0 fully saturated rings. The number of rotatable bonds is 7. The van der Waals surface area contributed by atoms with Crippen LogP contribution in [0.1, 0.15) is 96.7 Å². The van der Waals surface area contributed by atoms with Crippen molar-refractivity contribution >= 4 is 27.5 Å². The number of allylic oxidation sites excluding steroid dienone is 2. The predicted molar refractivity (Wildman–Crippen MR) is 173 cm³/mol. The Labute approximate surface area is 266 Å². The molecule has 1 aromatic heterocycles. The standard InChI is InChI=1S/C24H23N2.C13H24O2.Ir/c1-14(2)24-25-22(19-12-15(3)11-16(4)13-19)20-10-9-18-8-6-7-17(5)21(18)23(20)26-24;1-7-12(3,4)10(14)9-11(15)13(5,6)8-2;/h6-12,14H,1-5H3;9,14H,7-8H2,1-6H3;/q-1;;/b;10-9-;. The van der Waals surface area contributed by atoms with Gasteiger partial charge in [0.15, 0.2) is 5.78 Å². The summed E-state index contributed by atoms with van der Waals surface area (Å²) in [7, 11) is 0. The molecule has 4 aromatic rings. The number of carbonyl (C=O) groups excluding carboxylic acids is 1. The number of aryl methyl sites for hydroxylation is 3. The second kappa shape index (κ2) is 14.1. The van der Waals surface area contributed by atoms with Gasteiger partial charge in [-0.3, -0.25) is 9.78 Å². The van der Waals surface area contributed by atoms with Crippen molar-refractivity contribution in [3.05, 3.63) is 82.9 Å². The van der Waals surface area contributed by atoms with Crippen molar-refractivity contribution in [3.63, 3.8) is 0 Å². The van der Waals surface area contributed by atoms with Crippen LogP contribution in [0.4, 0.5) is 0 Å². The number of aromatic nitrogens is 2. The molecule has 0 saturated carbocycles. The van der Waals surface area contributed by atoms with Crippen LogP contribution in [0.15, 0.2) is 54.3 Å². The number of fused-ring (bicyclic) bond motifs is 3. The predicted octanol–water partition coefficient (Wildman–Crippen LogP) is 10.2. The minimum atomic E-state index is -0.377. The minimum Gasteiger partial charge on any atom is -0.512 e. The molecule has 0 aliphatic rings. The number of carbonyl (C=O) groups is 1. The number of hydrogen-bond acceptors (Lipinski definition) is 4. The summed E-state index contributed by atoms with van der Waals surface area (Å²) in [6.07, 6.45) is 2.99. The molecular weight excluding hydrogens is 697 g/mol. The minimum absolute atomic E-state index is 0. The molecule has 1 radical (unpaired) electrons. The van der Waals surface area contributed by atoms with Gasteiger partial charge in [-0.15, -0.1) is 34.9 Å². The third-order valence-electron chi connectivity index (χ3n) is 8.25. The number of hydrogen-bond donors (Lipinski definition) is 1. The van der Waals surface area contributed by atoms with Crippen LogP contribution in [0.2, 0.25) is 0 Å². The maximum atomic E-state index is 11.8. The molecule has 0 atom stereocenters. The van der Waals surface area contributed by atoms with Gasteiger partial charge in [0, 0.05) is 48.3 Å². The zero-order valence-corrected chi connectivity index (χ0v) is 29.6. The van der Waals surface area contributed by atoms with Crippen molar-refractivity contribution < 1.29 is 30.0 Å². The van der Waals surface area contributed by atoms with Gasteiger partial charge < -0.3 is 5.11 Å². The van der Waals surface area contributed by atoms with Crippen LogP contribution >= 0.6 is 0 Å². The van der Waals surface area contributed by atoms with E-state index in [1.165, 1.54) is 28.0 Å². The van der Waals surface area contributed by atoms with Gasteiger partial charge in [-0.2, -0.15) is 0 Å². The second-order valence-corrected chi connectivity index (χ2v) is 12.8. The number of aliphatic hydroxyl groups is 1. The fourth-order valence-corrected chi connectivity index (χ4v) is 4.52. The molecule has 3 aromatic carbocycles. The topological polar surface area (TPSA) is 63.1 Å². The summed E-state index contributed by atoms with van der Waals surface area (Å²) in [6, 6.07) is 18.6. The van der Waals surface area contributed by atoms with E-state index < -0.39 is 0 Å². The zero-order valence-electron chi connectivity index (χ0n) is 27.2. The fourth-order valence-electron chi connectivity index (χ4n) is 4.52. The third kappa shape index (κ3) is 7.94. The quantitative estimate of drug-likeness (QED) is 0.0886. The van der Waals surface area contributed by atoms with E-state index in [4.69, 9.17) is 9.97 Å². The summed E-state index contributed by atoms with van der Waals surface area (Å²) in [6.45, 7) is 22.3. The second-order valence-electron chi connectivity index (χ2n) is 12.8. The van der Waals surface area contributed by atoms with Crippen LogP contribution in [0, 0.1) is 37.7 Å². The first-order chi connectivity index (χ1) is 19.1. The van der Waals surface area contributed by atoms with E-state index in [0.29, 0.717) is 0 Å². The van der Waals surface area contributed by atoms with Crippen LogP contribution in [-0.2, 0) is 24.9 Å². The largest absolute Gasteiger partial charge is 0.512 e. The normalized spacial score (nSPS) is 12.2. The molecule has 0 aliphatic heterocycles. The van der Waals surface area contributed by atoms with Gasteiger partial charge in [0.25, 0.3) is 0 Å². The Hall–Kier alpha value is -2.88. The van der Waals surface area contributed by atoms with Crippen molar-refractivity contribution in [1.82, 2.24) is 9.97 Å². The molecule has 0 unspecified atom stereocenters. The Morgan fingerprint density at radius 1 is 0.952 bits per heavy atom. The maximum Gasteiger partial charge on any atom is 0.164 e.